The van der Waals surface area contributed by atoms with Gasteiger partial charge in [-0.15, -0.1) is 0 Å². The molecule has 1 aliphatic rings. The molecule has 0 bridgehead atoms. The van der Waals surface area contributed by atoms with Crippen LogP contribution in [-0.4, -0.2) is 31.2 Å². The Morgan fingerprint density at radius 2 is 1.84 bits per heavy atom. The SMILES string of the molecule is Cc1cnc2c(N3CCNCC3)cccc2c1Oc1ccc(F)cc1. The molecule has 2 heterocycles. The molecule has 0 aliphatic carbocycles. The van der Waals surface area contributed by atoms with Crippen LogP contribution in [0.3, 0.4) is 0 Å². The maximum atomic E-state index is 13.1. The van der Waals surface area contributed by atoms with Gasteiger partial charge in [0.2, 0.25) is 0 Å². The summed E-state index contributed by atoms with van der Waals surface area (Å²) >= 11 is 0. The lowest BCUT2D eigenvalue weighted by Crippen LogP contribution is -2.43. The first-order valence-electron chi connectivity index (χ1n) is 8.50. The van der Waals surface area contributed by atoms with Gasteiger partial charge >= 0.3 is 0 Å². The lowest BCUT2D eigenvalue weighted by Gasteiger charge is -2.30. The molecular formula is C20H20FN3O. The van der Waals surface area contributed by atoms with Crippen molar-refractivity contribution in [3.8, 4) is 11.5 Å². The van der Waals surface area contributed by atoms with Gasteiger partial charge in [-0.25, -0.2) is 4.39 Å². The molecule has 25 heavy (non-hydrogen) atoms. The van der Waals surface area contributed by atoms with Crippen LogP contribution in [0.4, 0.5) is 10.1 Å². The summed E-state index contributed by atoms with van der Waals surface area (Å²) in [5.74, 6) is 1.11. The van der Waals surface area contributed by atoms with Gasteiger partial charge < -0.3 is 15.0 Å². The predicted molar refractivity (Wildman–Crippen MR) is 98.0 cm³/mol. The van der Waals surface area contributed by atoms with Crippen LogP contribution in [0.2, 0.25) is 0 Å². The Morgan fingerprint density at radius 3 is 2.60 bits per heavy atom. The molecule has 5 heteroatoms. The molecule has 0 amide bonds. The van der Waals surface area contributed by atoms with Gasteiger partial charge in [-0.2, -0.15) is 0 Å². The second-order valence-corrected chi connectivity index (χ2v) is 6.24. The van der Waals surface area contributed by atoms with Gasteiger partial charge in [0.05, 0.1) is 11.2 Å². The lowest BCUT2D eigenvalue weighted by molar-refractivity contribution is 0.482. The van der Waals surface area contributed by atoms with Crippen LogP contribution in [0.5, 0.6) is 11.5 Å². The van der Waals surface area contributed by atoms with E-state index < -0.39 is 0 Å². The Bertz CT molecular complexity index is 889. The van der Waals surface area contributed by atoms with Crippen molar-refractivity contribution >= 4 is 16.6 Å². The molecular weight excluding hydrogens is 317 g/mol. The summed E-state index contributed by atoms with van der Waals surface area (Å²) in [6.07, 6.45) is 1.84. The summed E-state index contributed by atoms with van der Waals surface area (Å²) in [6, 6.07) is 12.3. The zero-order valence-electron chi connectivity index (χ0n) is 14.1. The molecule has 3 aromatic rings. The minimum atomic E-state index is -0.273. The average Bonchev–Trinajstić information content (AvgIpc) is 2.66. The summed E-state index contributed by atoms with van der Waals surface area (Å²) < 4.78 is 19.2. The molecule has 128 valence electrons. The van der Waals surface area contributed by atoms with Crippen molar-refractivity contribution in [2.75, 3.05) is 31.1 Å². The molecule has 0 saturated carbocycles. The number of pyridine rings is 1. The average molecular weight is 337 g/mol. The number of nitrogens with zero attached hydrogens (tertiary/aromatic N) is 2. The molecule has 1 N–H and O–H groups in total. The van der Waals surface area contributed by atoms with Crippen molar-refractivity contribution in [3.63, 3.8) is 0 Å². The number of benzene rings is 2. The summed E-state index contributed by atoms with van der Waals surface area (Å²) in [5, 5.41) is 4.35. The number of nitrogens with one attached hydrogen (secondary N) is 1. The Kier molecular flexibility index (Phi) is 4.24. The number of anilines is 1. The number of piperazine rings is 1. The van der Waals surface area contributed by atoms with E-state index in [0.29, 0.717) is 5.75 Å². The second-order valence-electron chi connectivity index (χ2n) is 6.24. The van der Waals surface area contributed by atoms with E-state index in [1.165, 1.54) is 12.1 Å². The van der Waals surface area contributed by atoms with Crippen LogP contribution < -0.4 is 15.0 Å². The number of halogens is 1. The molecule has 2 aromatic carbocycles. The highest BCUT2D eigenvalue weighted by molar-refractivity contribution is 5.95. The van der Waals surface area contributed by atoms with Crippen LogP contribution in [-0.2, 0) is 0 Å². The minimum Gasteiger partial charge on any atom is -0.456 e. The van der Waals surface area contributed by atoms with Gasteiger partial charge in [0, 0.05) is 43.3 Å². The van der Waals surface area contributed by atoms with Gasteiger partial charge in [0.1, 0.15) is 17.3 Å². The largest absolute Gasteiger partial charge is 0.456 e. The predicted octanol–water partition coefficient (Wildman–Crippen LogP) is 3.88. The van der Waals surface area contributed by atoms with E-state index in [1.54, 1.807) is 12.1 Å². The molecule has 0 spiro atoms. The first-order chi connectivity index (χ1) is 12.2. The lowest BCUT2D eigenvalue weighted by atomic mass is 10.1. The third kappa shape index (κ3) is 3.15. The van der Waals surface area contributed by atoms with E-state index in [1.807, 2.05) is 25.3 Å². The van der Waals surface area contributed by atoms with Crippen molar-refractivity contribution in [1.82, 2.24) is 10.3 Å². The van der Waals surface area contributed by atoms with Crippen LogP contribution in [0.25, 0.3) is 10.9 Å². The second kappa shape index (κ2) is 6.69. The van der Waals surface area contributed by atoms with E-state index >= 15 is 0 Å². The summed E-state index contributed by atoms with van der Waals surface area (Å²) in [4.78, 5) is 7.02. The number of hydrogen-bond acceptors (Lipinski definition) is 4. The first-order valence-corrected chi connectivity index (χ1v) is 8.50. The molecule has 1 fully saturated rings. The number of aryl methyl sites for hydroxylation is 1. The van der Waals surface area contributed by atoms with E-state index in [0.717, 1.165) is 54.1 Å². The maximum Gasteiger partial charge on any atom is 0.141 e. The normalized spacial score (nSPS) is 14.7. The van der Waals surface area contributed by atoms with Gasteiger partial charge in [-0.1, -0.05) is 6.07 Å². The van der Waals surface area contributed by atoms with E-state index in [4.69, 9.17) is 4.74 Å². The Balaban J connectivity index is 1.78. The van der Waals surface area contributed by atoms with Crippen molar-refractivity contribution in [1.29, 1.82) is 0 Å². The third-order valence-electron chi connectivity index (χ3n) is 4.50. The summed E-state index contributed by atoms with van der Waals surface area (Å²) in [5.41, 5.74) is 3.02. The third-order valence-corrected chi connectivity index (χ3v) is 4.50. The number of para-hydroxylation sites is 1. The molecule has 4 nitrogen and oxygen atoms in total. The molecule has 1 aliphatic heterocycles. The standard InChI is InChI=1S/C20H20FN3O/c1-14-13-23-19-17(20(14)25-16-7-5-15(21)6-8-16)3-2-4-18(19)24-11-9-22-10-12-24/h2-8,13,22H,9-12H2,1H3. The number of rotatable bonds is 3. The number of ether oxygens (including phenoxy) is 1. The minimum absolute atomic E-state index is 0.273. The van der Waals surface area contributed by atoms with E-state index in [9.17, 15) is 4.39 Å². The van der Waals surface area contributed by atoms with Gasteiger partial charge in [0.25, 0.3) is 0 Å². The van der Waals surface area contributed by atoms with E-state index in [-0.39, 0.29) is 5.82 Å². The van der Waals surface area contributed by atoms with Crippen molar-refractivity contribution in [2.24, 2.45) is 0 Å². The highest BCUT2D eigenvalue weighted by Crippen LogP contribution is 2.36. The first kappa shape index (κ1) is 15.8. The molecule has 4 rings (SSSR count). The Morgan fingerprint density at radius 1 is 1.08 bits per heavy atom. The fourth-order valence-corrected chi connectivity index (χ4v) is 3.20. The maximum absolute atomic E-state index is 13.1. The van der Waals surface area contributed by atoms with Crippen molar-refractivity contribution < 1.29 is 9.13 Å². The number of fused-ring (bicyclic) bond motifs is 1. The quantitative estimate of drug-likeness (QED) is 0.787. The van der Waals surface area contributed by atoms with Crippen LogP contribution >= 0.6 is 0 Å². The fourth-order valence-electron chi connectivity index (χ4n) is 3.20. The molecule has 0 radical (unpaired) electrons. The smallest absolute Gasteiger partial charge is 0.141 e. The highest BCUT2D eigenvalue weighted by Gasteiger charge is 2.17. The van der Waals surface area contributed by atoms with Crippen LogP contribution in [0.15, 0.2) is 48.7 Å². The zero-order chi connectivity index (χ0) is 17.2. The van der Waals surface area contributed by atoms with Crippen LogP contribution in [0, 0.1) is 12.7 Å². The van der Waals surface area contributed by atoms with E-state index in [2.05, 4.69) is 21.3 Å². The topological polar surface area (TPSA) is 37.4 Å². The summed E-state index contributed by atoms with van der Waals surface area (Å²) in [7, 11) is 0. The molecule has 1 saturated heterocycles. The summed E-state index contributed by atoms with van der Waals surface area (Å²) in [6.45, 7) is 5.84. The number of hydrogen-bond donors (Lipinski definition) is 1. The molecule has 1 aromatic heterocycles. The Hall–Kier alpha value is -2.66. The van der Waals surface area contributed by atoms with Gasteiger partial charge in [0.15, 0.2) is 0 Å². The van der Waals surface area contributed by atoms with Gasteiger partial charge in [-0.05, 0) is 43.3 Å². The molecule has 0 unspecified atom stereocenters. The monoisotopic (exact) mass is 337 g/mol. The highest BCUT2D eigenvalue weighted by atomic mass is 19.1. The zero-order valence-corrected chi connectivity index (χ0v) is 14.1. The Labute approximate surface area is 146 Å². The van der Waals surface area contributed by atoms with Crippen LogP contribution in [0.1, 0.15) is 5.56 Å². The number of aromatic nitrogens is 1. The fraction of sp³-hybridized carbons (Fsp3) is 0.250. The van der Waals surface area contributed by atoms with Crippen molar-refractivity contribution in [2.45, 2.75) is 6.92 Å². The van der Waals surface area contributed by atoms with Gasteiger partial charge in [-0.3, -0.25) is 4.98 Å². The molecule has 0 atom stereocenters. The van der Waals surface area contributed by atoms with Crippen molar-refractivity contribution in [3.05, 3.63) is 60.0 Å².